The minimum absolute atomic E-state index is 0.0363. The smallest absolute Gasteiger partial charge is 0.328 e. The summed E-state index contributed by atoms with van der Waals surface area (Å²) in [5.74, 6) is 0.155. The zero-order valence-corrected chi connectivity index (χ0v) is 15.5. The molecule has 2 N–H and O–H groups in total. The van der Waals surface area contributed by atoms with Crippen molar-refractivity contribution in [2.24, 2.45) is 7.05 Å². The fraction of sp³-hybridized carbons (Fsp3) is 0.500. The van der Waals surface area contributed by atoms with Gasteiger partial charge in [-0.1, -0.05) is 6.92 Å². The van der Waals surface area contributed by atoms with Crippen LogP contribution in [0.1, 0.15) is 57.0 Å². The highest BCUT2D eigenvalue weighted by Crippen LogP contribution is 2.42. The van der Waals surface area contributed by atoms with Crippen LogP contribution < -0.4 is 5.32 Å². The van der Waals surface area contributed by atoms with E-state index in [1.54, 1.807) is 6.08 Å². The van der Waals surface area contributed by atoms with Crippen molar-refractivity contribution >= 4 is 23.1 Å². The Morgan fingerprint density at radius 1 is 1.44 bits per heavy atom. The molecule has 0 radical (unpaired) electrons. The molecule has 0 unspecified atom stereocenters. The third-order valence-electron chi connectivity index (χ3n) is 5.13. The van der Waals surface area contributed by atoms with Gasteiger partial charge in [0.05, 0.1) is 16.6 Å². The topological polar surface area (TPSA) is 67.2 Å². The Kier molecular flexibility index (Phi) is 4.69. The van der Waals surface area contributed by atoms with E-state index in [1.165, 1.54) is 12.5 Å². The van der Waals surface area contributed by atoms with Crippen LogP contribution in [-0.2, 0) is 23.8 Å². The lowest BCUT2D eigenvalue weighted by atomic mass is 9.75. The molecule has 3 rings (SSSR count). The van der Waals surface area contributed by atoms with E-state index < -0.39 is 5.97 Å². The Bertz CT molecular complexity index is 829. The average molecular weight is 341 g/mol. The molecule has 1 aromatic carbocycles. The molecule has 1 aliphatic carbocycles. The Morgan fingerprint density at radius 2 is 2.16 bits per heavy atom. The lowest BCUT2D eigenvalue weighted by Gasteiger charge is -2.43. The summed E-state index contributed by atoms with van der Waals surface area (Å²) < 4.78 is 2.20. The Labute approximate surface area is 148 Å². The second-order valence-corrected chi connectivity index (χ2v) is 7.29. The fourth-order valence-corrected chi connectivity index (χ4v) is 3.86. The first-order valence-corrected chi connectivity index (χ1v) is 9.05. The summed E-state index contributed by atoms with van der Waals surface area (Å²) in [6, 6.07) is 4.56. The van der Waals surface area contributed by atoms with Gasteiger partial charge in [0.2, 0.25) is 0 Å². The molecule has 0 bridgehead atoms. The molecular formula is C20H27N3O2. The van der Waals surface area contributed by atoms with Gasteiger partial charge in [-0.05, 0) is 68.9 Å². The lowest BCUT2D eigenvalue weighted by molar-refractivity contribution is -0.131. The summed E-state index contributed by atoms with van der Waals surface area (Å²) in [6.07, 6.45) is 7.14. The van der Waals surface area contributed by atoms with Crippen molar-refractivity contribution < 1.29 is 9.90 Å². The molecule has 0 aliphatic heterocycles. The number of nitrogens with zero attached hydrogens (tertiary/aromatic N) is 2. The Hall–Kier alpha value is -2.14. The number of carboxylic acids is 1. The number of nitrogens with one attached hydrogen (secondary N) is 1. The number of rotatable bonds is 6. The van der Waals surface area contributed by atoms with E-state index in [0.717, 1.165) is 47.2 Å². The van der Waals surface area contributed by atoms with Gasteiger partial charge in [-0.25, -0.2) is 9.78 Å². The van der Waals surface area contributed by atoms with Crippen LogP contribution in [0.2, 0.25) is 0 Å². The first kappa shape index (κ1) is 17.7. The molecule has 0 saturated heterocycles. The van der Waals surface area contributed by atoms with Gasteiger partial charge in [0.15, 0.2) is 0 Å². The highest BCUT2D eigenvalue weighted by molar-refractivity contribution is 5.88. The molecule has 1 heterocycles. The number of aromatic nitrogens is 2. The van der Waals surface area contributed by atoms with E-state index in [4.69, 9.17) is 10.1 Å². The number of aryl methyl sites for hydroxylation is 2. The summed E-state index contributed by atoms with van der Waals surface area (Å²) in [6.45, 7) is 6.43. The SMILES string of the molecule is CCc1cc2c(cc1/C=C/C(=O)O)nc(C1(NC(C)C)CCC1)n2C. The Balaban J connectivity index is 2.11. The molecule has 1 aromatic heterocycles. The van der Waals surface area contributed by atoms with Gasteiger partial charge in [-0.2, -0.15) is 0 Å². The zero-order valence-electron chi connectivity index (χ0n) is 15.5. The molecule has 0 spiro atoms. The molecule has 2 aromatic rings. The van der Waals surface area contributed by atoms with Crippen molar-refractivity contribution in [3.8, 4) is 0 Å². The number of fused-ring (bicyclic) bond motifs is 1. The van der Waals surface area contributed by atoms with E-state index in [2.05, 4.69) is 43.8 Å². The number of aliphatic carboxylic acids is 1. The van der Waals surface area contributed by atoms with Gasteiger partial charge in [-0.15, -0.1) is 0 Å². The number of imidazole rings is 1. The third-order valence-corrected chi connectivity index (χ3v) is 5.13. The number of hydrogen-bond acceptors (Lipinski definition) is 3. The third kappa shape index (κ3) is 3.21. The summed E-state index contributed by atoms with van der Waals surface area (Å²) >= 11 is 0. The second-order valence-electron chi connectivity index (χ2n) is 7.29. The summed E-state index contributed by atoms with van der Waals surface area (Å²) in [5, 5.41) is 12.6. The highest BCUT2D eigenvalue weighted by Gasteiger charge is 2.42. The predicted molar refractivity (Wildman–Crippen MR) is 101 cm³/mol. The van der Waals surface area contributed by atoms with Crippen LogP contribution in [0.25, 0.3) is 17.1 Å². The molecule has 134 valence electrons. The number of benzene rings is 1. The maximum Gasteiger partial charge on any atom is 0.328 e. The van der Waals surface area contributed by atoms with Crippen LogP contribution in [0, 0.1) is 0 Å². The zero-order chi connectivity index (χ0) is 18.2. The van der Waals surface area contributed by atoms with Crippen molar-refractivity contribution in [3.63, 3.8) is 0 Å². The quantitative estimate of drug-likeness (QED) is 0.788. The molecule has 5 nitrogen and oxygen atoms in total. The van der Waals surface area contributed by atoms with Crippen molar-refractivity contribution in [1.29, 1.82) is 0 Å². The number of hydrogen-bond donors (Lipinski definition) is 2. The fourth-order valence-electron chi connectivity index (χ4n) is 3.86. The molecule has 1 aliphatic rings. The van der Waals surface area contributed by atoms with Crippen LogP contribution >= 0.6 is 0 Å². The molecule has 0 atom stereocenters. The first-order valence-electron chi connectivity index (χ1n) is 9.05. The van der Waals surface area contributed by atoms with Crippen LogP contribution in [0.5, 0.6) is 0 Å². The van der Waals surface area contributed by atoms with E-state index >= 15 is 0 Å². The molecular weight excluding hydrogens is 314 g/mol. The van der Waals surface area contributed by atoms with Crippen molar-refractivity contribution in [1.82, 2.24) is 14.9 Å². The minimum atomic E-state index is -0.932. The van der Waals surface area contributed by atoms with Crippen LogP contribution in [0.3, 0.4) is 0 Å². The second kappa shape index (κ2) is 6.64. The van der Waals surface area contributed by atoms with Gasteiger partial charge >= 0.3 is 5.97 Å². The lowest BCUT2D eigenvalue weighted by Crippen LogP contribution is -2.52. The molecule has 1 saturated carbocycles. The molecule has 0 amide bonds. The minimum Gasteiger partial charge on any atom is -0.478 e. The molecule has 5 heteroatoms. The van der Waals surface area contributed by atoms with Gasteiger partial charge in [0.1, 0.15) is 5.82 Å². The van der Waals surface area contributed by atoms with Crippen molar-refractivity contribution in [2.45, 2.75) is 58.0 Å². The highest BCUT2D eigenvalue weighted by atomic mass is 16.4. The standard InChI is InChI=1S/C20H27N3O2/c1-5-14-12-17-16(11-15(14)7-8-18(24)25)21-19(23(17)4)20(9-6-10-20)22-13(2)3/h7-8,11-13,22H,5-6,9-10H2,1-4H3,(H,24,25)/b8-7+. The summed E-state index contributed by atoms with van der Waals surface area (Å²) in [7, 11) is 2.08. The van der Waals surface area contributed by atoms with Crippen LogP contribution in [-0.4, -0.2) is 26.7 Å². The van der Waals surface area contributed by atoms with Gasteiger partial charge < -0.3 is 15.0 Å². The van der Waals surface area contributed by atoms with E-state index in [0.29, 0.717) is 6.04 Å². The number of carbonyl (C=O) groups is 1. The summed E-state index contributed by atoms with van der Waals surface area (Å²) in [4.78, 5) is 15.8. The molecule has 1 fully saturated rings. The van der Waals surface area contributed by atoms with E-state index in [1.807, 2.05) is 6.07 Å². The maximum absolute atomic E-state index is 10.9. The summed E-state index contributed by atoms with van der Waals surface area (Å²) in [5.41, 5.74) is 4.07. The van der Waals surface area contributed by atoms with Gasteiger partial charge in [0.25, 0.3) is 0 Å². The maximum atomic E-state index is 10.9. The van der Waals surface area contributed by atoms with E-state index in [9.17, 15) is 4.79 Å². The van der Waals surface area contributed by atoms with Crippen LogP contribution in [0.4, 0.5) is 0 Å². The first-order chi connectivity index (χ1) is 11.9. The van der Waals surface area contributed by atoms with E-state index in [-0.39, 0.29) is 5.54 Å². The van der Waals surface area contributed by atoms with Crippen LogP contribution in [0.15, 0.2) is 18.2 Å². The van der Waals surface area contributed by atoms with Crippen molar-refractivity contribution in [2.75, 3.05) is 0 Å². The number of carboxylic acid groups (broad SMARTS) is 1. The van der Waals surface area contributed by atoms with Gasteiger partial charge in [0, 0.05) is 19.2 Å². The van der Waals surface area contributed by atoms with Crippen molar-refractivity contribution in [3.05, 3.63) is 35.2 Å². The Morgan fingerprint density at radius 3 is 2.68 bits per heavy atom. The normalized spacial score (nSPS) is 16.7. The van der Waals surface area contributed by atoms with Gasteiger partial charge in [-0.3, -0.25) is 0 Å². The average Bonchev–Trinajstić information content (AvgIpc) is 2.84. The molecule has 25 heavy (non-hydrogen) atoms. The largest absolute Gasteiger partial charge is 0.478 e. The monoisotopic (exact) mass is 341 g/mol. The predicted octanol–water partition coefficient (Wildman–Crippen LogP) is 3.61.